The average Bonchev–Trinajstić information content (AvgIpc) is 3.31. The second kappa shape index (κ2) is 8.18. The van der Waals surface area contributed by atoms with Gasteiger partial charge in [0.15, 0.2) is 11.5 Å². The van der Waals surface area contributed by atoms with Crippen molar-refractivity contribution in [2.45, 2.75) is 59.5 Å². The lowest BCUT2D eigenvalue weighted by Crippen LogP contribution is -2.24. The van der Waals surface area contributed by atoms with Crippen molar-refractivity contribution in [2.75, 3.05) is 5.32 Å². The molecule has 166 valence electrons. The standard InChI is InChI=1S/C24H29N7O/c1-15(2)19-13-18(21-16(3)28-31(22(21)26-19)24(4,5)6)23(32)27-20-9-12-30(29-20)14-17-7-10-25-11-8-17/h7-13,15H,14H2,1-6H3,(H,27,29,32). The molecule has 4 heterocycles. The third-order valence-corrected chi connectivity index (χ3v) is 5.28. The molecule has 0 atom stereocenters. The van der Waals surface area contributed by atoms with E-state index in [1.807, 2.05) is 36.0 Å². The zero-order valence-corrected chi connectivity index (χ0v) is 19.4. The van der Waals surface area contributed by atoms with Gasteiger partial charge in [-0.3, -0.25) is 14.5 Å². The summed E-state index contributed by atoms with van der Waals surface area (Å²) in [7, 11) is 0. The molecule has 8 heteroatoms. The van der Waals surface area contributed by atoms with Crippen LogP contribution in [0.15, 0.2) is 42.9 Å². The van der Waals surface area contributed by atoms with E-state index in [2.05, 4.69) is 50.0 Å². The quantitative estimate of drug-likeness (QED) is 0.502. The number of rotatable bonds is 5. The van der Waals surface area contributed by atoms with Gasteiger partial charge in [-0.25, -0.2) is 9.67 Å². The normalized spacial score (nSPS) is 12.0. The number of aromatic nitrogens is 6. The minimum Gasteiger partial charge on any atom is -0.305 e. The summed E-state index contributed by atoms with van der Waals surface area (Å²) >= 11 is 0. The van der Waals surface area contributed by atoms with Crippen molar-refractivity contribution >= 4 is 22.8 Å². The number of nitrogens with zero attached hydrogens (tertiary/aromatic N) is 6. The lowest BCUT2D eigenvalue weighted by Gasteiger charge is -2.20. The summed E-state index contributed by atoms with van der Waals surface area (Å²) in [5.41, 5.74) is 3.77. The van der Waals surface area contributed by atoms with E-state index in [9.17, 15) is 4.79 Å². The molecule has 0 aromatic carbocycles. The third-order valence-electron chi connectivity index (χ3n) is 5.28. The van der Waals surface area contributed by atoms with E-state index in [1.165, 1.54) is 0 Å². The highest BCUT2D eigenvalue weighted by atomic mass is 16.1. The highest BCUT2D eigenvalue weighted by Crippen LogP contribution is 2.29. The fraction of sp³-hybridized carbons (Fsp3) is 0.375. The molecule has 0 aliphatic heterocycles. The molecule has 8 nitrogen and oxygen atoms in total. The lowest BCUT2D eigenvalue weighted by atomic mass is 10.0. The topological polar surface area (TPSA) is 90.5 Å². The molecule has 0 saturated carbocycles. The van der Waals surface area contributed by atoms with Crippen LogP contribution >= 0.6 is 0 Å². The summed E-state index contributed by atoms with van der Waals surface area (Å²) in [6.45, 7) is 12.9. The molecule has 0 aliphatic rings. The summed E-state index contributed by atoms with van der Waals surface area (Å²) < 4.78 is 3.69. The minimum atomic E-state index is -0.255. The van der Waals surface area contributed by atoms with Crippen molar-refractivity contribution < 1.29 is 4.79 Å². The molecule has 0 fully saturated rings. The van der Waals surface area contributed by atoms with Crippen molar-refractivity contribution in [3.05, 3.63) is 65.4 Å². The van der Waals surface area contributed by atoms with Gasteiger partial charge in [-0.15, -0.1) is 0 Å². The zero-order chi connectivity index (χ0) is 23.0. The first-order valence-electron chi connectivity index (χ1n) is 10.8. The van der Waals surface area contributed by atoms with E-state index in [-0.39, 0.29) is 17.4 Å². The monoisotopic (exact) mass is 431 g/mol. The maximum absolute atomic E-state index is 13.3. The van der Waals surface area contributed by atoms with Crippen LogP contribution in [0.3, 0.4) is 0 Å². The van der Waals surface area contributed by atoms with Gasteiger partial charge in [0.2, 0.25) is 0 Å². The second-order valence-corrected chi connectivity index (χ2v) is 9.32. The number of hydrogen-bond donors (Lipinski definition) is 1. The van der Waals surface area contributed by atoms with Crippen LogP contribution in [0.25, 0.3) is 11.0 Å². The number of amides is 1. The molecular formula is C24H29N7O. The van der Waals surface area contributed by atoms with Gasteiger partial charge >= 0.3 is 0 Å². The molecule has 4 aromatic rings. The summed E-state index contributed by atoms with van der Waals surface area (Å²) in [6, 6.07) is 7.55. The van der Waals surface area contributed by atoms with E-state index in [0.717, 1.165) is 28.0 Å². The van der Waals surface area contributed by atoms with Gasteiger partial charge in [-0.05, 0) is 57.4 Å². The lowest BCUT2D eigenvalue weighted by molar-refractivity contribution is 0.102. The molecule has 0 radical (unpaired) electrons. The first-order valence-corrected chi connectivity index (χ1v) is 10.8. The fourth-order valence-electron chi connectivity index (χ4n) is 3.63. The highest BCUT2D eigenvalue weighted by Gasteiger charge is 2.25. The molecule has 0 spiro atoms. The Morgan fingerprint density at radius 2 is 1.84 bits per heavy atom. The minimum absolute atomic E-state index is 0.175. The van der Waals surface area contributed by atoms with Crippen LogP contribution < -0.4 is 5.32 Å². The molecule has 4 aromatic heterocycles. The Bertz CT molecular complexity index is 1260. The maximum atomic E-state index is 13.3. The van der Waals surface area contributed by atoms with Crippen molar-refractivity contribution in [2.24, 2.45) is 0 Å². The van der Waals surface area contributed by atoms with E-state index in [0.29, 0.717) is 17.9 Å². The molecule has 0 aliphatic carbocycles. The Morgan fingerprint density at radius 3 is 2.50 bits per heavy atom. The molecule has 1 N–H and O–H groups in total. The first kappa shape index (κ1) is 21.7. The number of carbonyl (C=O) groups excluding carboxylic acids is 1. The Hall–Kier alpha value is -3.55. The van der Waals surface area contributed by atoms with Crippen LogP contribution in [0.5, 0.6) is 0 Å². The van der Waals surface area contributed by atoms with Gasteiger partial charge in [0.25, 0.3) is 5.91 Å². The summed E-state index contributed by atoms with van der Waals surface area (Å²) in [5.74, 6) is 0.458. The molecule has 1 amide bonds. The summed E-state index contributed by atoms with van der Waals surface area (Å²) in [4.78, 5) is 22.2. The van der Waals surface area contributed by atoms with Gasteiger partial charge in [0.05, 0.1) is 28.7 Å². The SMILES string of the molecule is Cc1nn(C(C)(C)C)c2nc(C(C)C)cc(C(=O)Nc3ccn(Cc4ccncc4)n3)c12. The maximum Gasteiger partial charge on any atom is 0.257 e. The smallest absolute Gasteiger partial charge is 0.257 e. The van der Waals surface area contributed by atoms with Crippen LogP contribution in [-0.4, -0.2) is 35.4 Å². The van der Waals surface area contributed by atoms with E-state index >= 15 is 0 Å². The number of anilines is 1. The average molecular weight is 432 g/mol. The predicted molar refractivity (Wildman–Crippen MR) is 125 cm³/mol. The molecule has 32 heavy (non-hydrogen) atoms. The second-order valence-electron chi connectivity index (χ2n) is 9.32. The van der Waals surface area contributed by atoms with Crippen molar-refractivity contribution in [1.82, 2.24) is 29.5 Å². The van der Waals surface area contributed by atoms with E-state index in [1.54, 1.807) is 23.1 Å². The van der Waals surface area contributed by atoms with E-state index < -0.39 is 0 Å². The van der Waals surface area contributed by atoms with Gasteiger partial charge in [0, 0.05) is 30.4 Å². The van der Waals surface area contributed by atoms with Gasteiger partial charge < -0.3 is 5.32 Å². The Balaban J connectivity index is 1.68. The van der Waals surface area contributed by atoms with Gasteiger partial charge in [-0.2, -0.15) is 10.2 Å². The number of fused-ring (bicyclic) bond motifs is 1. The van der Waals surface area contributed by atoms with Gasteiger partial charge in [0.1, 0.15) is 0 Å². The Labute approximate surface area is 187 Å². The Kier molecular flexibility index (Phi) is 5.54. The summed E-state index contributed by atoms with van der Waals surface area (Å²) in [5, 5.41) is 12.9. The molecule has 4 rings (SSSR count). The fourth-order valence-corrected chi connectivity index (χ4v) is 3.63. The number of nitrogens with one attached hydrogen (secondary N) is 1. The molecule has 0 unspecified atom stereocenters. The highest BCUT2D eigenvalue weighted by molar-refractivity contribution is 6.12. The van der Waals surface area contributed by atoms with Gasteiger partial charge in [-0.1, -0.05) is 13.8 Å². The molecular weight excluding hydrogens is 402 g/mol. The Morgan fingerprint density at radius 1 is 1.12 bits per heavy atom. The van der Waals surface area contributed by atoms with Crippen LogP contribution in [0, 0.1) is 6.92 Å². The zero-order valence-electron chi connectivity index (χ0n) is 19.4. The van der Waals surface area contributed by atoms with Crippen molar-refractivity contribution in [3.63, 3.8) is 0 Å². The largest absolute Gasteiger partial charge is 0.305 e. The molecule has 0 saturated heterocycles. The van der Waals surface area contributed by atoms with Crippen LogP contribution in [-0.2, 0) is 12.1 Å². The van der Waals surface area contributed by atoms with Crippen molar-refractivity contribution in [3.8, 4) is 0 Å². The first-order chi connectivity index (χ1) is 15.1. The third kappa shape index (κ3) is 4.26. The number of carbonyl (C=O) groups is 1. The number of pyridine rings is 2. The van der Waals surface area contributed by atoms with Crippen LogP contribution in [0.4, 0.5) is 5.82 Å². The summed E-state index contributed by atoms with van der Waals surface area (Å²) in [6.07, 6.45) is 5.35. The predicted octanol–water partition coefficient (Wildman–Crippen LogP) is 4.51. The molecule has 0 bridgehead atoms. The number of aryl methyl sites for hydroxylation is 1. The van der Waals surface area contributed by atoms with E-state index in [4.69, 9.17) is 10.1 Å². The van der Waals surface area contributed by atoms with Crippen LogP contribution in [0.2, 0.25) is 0 Å². The van der Waals surface area contributed by atoms with Crippen molar-refractivity contribution in [1.29, 1.82) is 0 Å². The number of hydrogen-bond acceptors (Lipinski definition) is 5. The van der Waals surface area contributed by atoms with Crippen LogP contribution in [0.1, 0.15) is 67.8 Å².